The Kier molecular flexibility index (Phi) is 5.14. The minimum Gasteiger partial charge on any atom is -0.361 e. The summed E-state index contributed by atoms with van der Waals surface area (Å²) in [5.41, 5.74) is 2.94. The van der Waals surface area contributed by atoms with Gasteiger partial charge in [-0.05, 0) is 17.2 Å². The average Bonchev–Trinajstić information content (AvgIpc) is 3.42. The van der Waals surface area contributed by atoms with Crippen LogP contribution in [0.25, 0.3) is 22.0 Å². The van der Waals surface area contributed by atoms with Gasteiger partial charge in [0.25, 0.3) is 0 Å². The Morgan fingerprint density at radius 1 is 1.03 bits per heavy atom. The van der Waals surface area contributed by atoms with Crippen molar-refractivity contribution in [1.82, 2.24) is 19.7 Å². The Hall–Kier alpha value is -3.64. The van der Waals surface area contributed by atoms with E-state index >= 15 is 0 Å². The van der Waals surface area contributed by atoms with Crippen molar-refractivity contribution in [2.24, 2.45) is 0 Å². The van der Waals surface area contributed by atoms with Crippen molar-refractivity contribution < 1.29 is 4.39 Å². The highest BCUT2D eigenvalue weighted by Gasteiger charge is 2.18. The summed E-state index contributed by atoms with van der Waals surface area (Å²) in [6, 6.07) is 21.6. The van der Waals surface area contributed by atoms with Gasteiger partial charge in [-0.3, -0.25) is 5.10 Å². The molecule has 3 aromatic carbocycles. The average molecular weight is 432 g/mol. The first-order valence-corrected chi connectivity index (χ1v) is 10.3. The molecule has 7 heteroatoms. The molecular formula is C24H19ClFN5. The Labute approximate surface area is 183 Å². The maximum Gasteiger partial charge on any atom is 0.168 e. The smallest absolute Gasteiger partial charge is 0.168 e. The third-order valence-electron chi connectivity index (χ3n) is 5.24. The zero-order valence-electron chi connectivity index (χ0n) is 16.5. The molecule has 5 aromatic rings. The number of aromatic nitrogens is 4. The second-order valence-electron chi connectivity index (χ2n) is 7.22. The van der Waals surface area contributed by atoms with Crippen molar-refractivity contribution in [2.75, 3.05) is 5.32 Å². The van der Waals surface area contributed by atoms with Gasteiger partial charge in [-0.15, -0.1) is 0 Å². The highest BCUT2D eigenvalue weighted by Crippen LogP contribution is 2.36. The van der Waals surface area contributed by atoms with Crippen LogP contribution in [0.4, 0.5) is 10.2 Å². The van der Waals surface area contributed by atoms with Crippen LogP contribution in [0.2, 0.25) is 5.02 Å². The van der Waals surface area contributed by atoms with E-state index in [1.807, 2.05) is 60.8 Å². The third-order valence-corrected chi connectivity index (χ3v) is 5.61. The minimum absolute atomic E-state index is 0.0762. The lowest BCUT2D eigenvalue weighted by Crippen LogP contribution is -2.09. The molecule has 5 nitrogen and oxygen atoms in total. The molecule has 0 spiro atoms. The van der Waals surface area contributed by atoms with Gasteiger partial charge in [-0.25, -0.2) is 9.37 Å². The van der Waals surface area contributed by atoms with Crippen LogP contribution in [0.1, 0.15) is 11.4 Å². The molecule has 0 bridgehead atoms. The molecule has 0 fully saturated rings. The fourth-order valence-corrected chi connectivity index (χ4v) is 3.91. The van der Waals surface area contributed by atoms with Gasteiger partial charge in [0.05, 0.1) is 11.6 Å². The molecule has 2 aromatic heterocycles. The lowest BCUT2D eigenvalue weighted by molar-refractivity contribution is 0.637. The first kappa shape index (κ1) is 19.3. The second-order valence-corrected chi connectivity index (χ2v) is 7.60. The number of nitrogens with zero attached hydrogens (tertiary/aromatic N) is 3. The van der Waals surface area contributed by atoms with Crippen molar-refractivity contribution in [3.63, 3.8) is 0 Å². The molecule has 0 unspecified atom stereocenters. The maximum atomic E-state index is 14.9. The summed E-state index contributed by atoms with van der Waals surface area (Å²) < 4.78 is 17.0. The SMILES string of the molecule is Fc1c(Cl)c(-c2ccccc2)cc2c(NCc3nccn3Cc3ccccc3)n[nH]c12. The molecular weight excluding hydrogens is 413 g/mol. The van der Waals surface area contributed by atoms with E-state index in [-0.39, 0.29) is 10.5 Å². The van der Waals surface area contributed by atoms with Crippen LogP contribution in [-0.4, -0.2) is 19.7 Å². The largest absolute Gasteiger partial charge is 0.361 e. The molecule has 5 rings (SSSR count). The Morgan fingerprint density at radius 3 is 2.55 bits per heavy atom. The number of anilines is 1. The van der Waals surface area contributed by atoms with Crippen LogP contribution < -0.4 is 5.32 Å². The van der Waals surface area contributed by atoms with E-state index < -0.39 is 5.82 Å². The summed E-state index contributed by atoms with van der Waals surface area (Å²) in [5.74, 6) is 0.902. The van der Waals surface area contributed by atoms with Gasteiger partial charge in [0.1, 0.15) is 11.3 Å². The molecule has 0 aliphatic rings. The number of nitrogens with one attached hydrogen (secondary N) is 2. The van der Waals surface area contributed by atoms with E-state index in [1.165, 1.54) is 5.56 Å². The normalized spacial score (nSPS) is 11.2. The molecule has 154 valence electrons. The van der Waals surface area contributed by atoms with Gasteiger partial charge < -0.3 is 9.88 Å². The van der Waals surface area contributed by atoms with Crippen molar-refractivity contribution in [2.45, 2.75) is 13.1 Å². The number of H-pyrrole nitrogens is 1. The second kappa shape index (κ2) is 8.24. The maximum absolute atomic E-state index is 14.9. The number of fused-ring (bicyclic) bond motifs is 1. The molecule has 31 heavy (non-hydrogen) atoms. The van der Waals surface area contributed by atoms with Crippen LogP contribution in [0.5, 0.6) is 0 Å². The predicted molar refractivity (Wildman–Crippen MR) is 122 cm³/mol. The van der Waals surface area contributed by atoms with Crippen LogP contribution in [-0.2, 0) is 13.1 Å². The van der Waals surface area contributed by atoms with Crippen LogP contribution in [0, 0.1) is 5.82 Å². The van der Waals surface area contributed by atoms with E-state index in [2.05, 4.69) is 37.2 Å². The first-order valence-electron chi connectivity index (χ1n) is 9.90. The number of benzene rings is 3. The van der Waals surface area contributed by atoms with E-state index in [9.17, 15) is 4.39 Å². The zero-order chi connectivity index (χ0) is 21.2. The van der Waals surface area contributed by atoms with E-state index in [1.54, 1.807) is 6.20 Å². The van der Waals surface area contributed by atoms with Crippen molar-refractivity contribution in [3.05, 3.63) is 101 Å². The molecule has 0 radical (unpaired) electrons. The summed E-state index contributed by atoms with van der Waals surface area (Å²) in [5, 5.41) is 11.0. The monoisotopic (exact) mass is 431 g/mol. The van der Waals surface area contributed by atoms with Gasteiger partial charge in [0, 0.05) is 29.9 Å². The summed E-state index contributed by atoms with van der Waals surface area (Å²) in [6.07, 6.45) is 3.72. The molecule has 0 amide bonds. The molecule has 0 aliphatic heterocycles. The number of hydrogen-bond acceptors (Lipinski definition) is 3. The van der Waals surface area contributed by atoms with Crippen molar-refractivity contribution in [1.29, 1.82) is 0 Å². The number of imidazole rings is 1. The van der Waals surface area contributed by atoms with Crippen LogP contribution in [0.3, 0.4) is 0 Å². The van der Waals surface area contributed by atoms with Gasteiger partial charge in [-0.1, -0.05) is 72.3 Å². The quantitative estimate of drug-likeness (QED) is 0.353. The predicted octanol–water partition coefficient (Wildman–Crippen LogP) is 5.88. The fourth-order valence-electron chi connectivity index (χ4n) is 3.65. The number of halogens is 2. The van der Waals surface area contributed by atoms with Crippen molar-refractivity contribution in [3.8, 4) is 11.1 Å². The van der Waals surface area contributed by atoms with Gasteiger partial charge in [0.2, 0.25) is 0 Å². The number of hydrogen-bond donors (Lipinski definition) is 2. The highest BCUT2D eigenvalue weighted by atomic mass is 35.5. The third kappa shape index (κ3) is 3.78. The van der Waals surface area contributed by atoms with Gasteiger partial charge in [0.15, 0.2) is 11.6 Å². The molecule has 0 saturated heterocycles. The molecule has 0 atom stereocenters. The number of aromatic amines is 1. The van der Waals surface area contributed by atoms with E-state index in [4.69, 9.17) is 11.6 Å². The topological polar surface area (TPSA) is 58.5 Å². The fraction of sp³-hybridized carbons (Fsp3) is 0.0833. The lowest BCUT2D eigenvalue weighted by Gasteiger charge is -2.10. The van der Waals surface area contributed by atoms with E-state index in [0.717, 1.165) is 17.9 Å². The van der Waals surface area contributed by atoms with Crippen molar-refractivity contribution >= 4 is 28.3 Å². The summed E-state index contributed by atoms with van der Waals surface area (Å²) in [4.78, 5) is 4.46. The highest BCUT2D eigenvalue weighted by molar-refractivity contribution is 6.34. The minimum atomic E-state index is -0.510. The molecule has 2 heterocycles. The Balaban J connectivity index is 1.43. The summed E-state index contributed by atoms with van der Waals surface area (Å²) >= 11 is 6.32. The van der Waals surface area contributed by atoms with Gasteiger partial charge in [-0.2, -0.15) is 5.10 Å². The number of rotatable bonds is 6. The van der Waals surface area contributed by atoms with E-state index in [0.29, 0.717) is 23.3 Å². The van der Waals surface area contributed by atoms with Crippen LogP contribution in [0.15, 0.2) is 79.1 Å². The standard InChI is InChI=1S/C24H19ClFN5/c25-21-18(17-9-5-2-6-10-17)13-19-23(22(21)26)29-30-24(19)28-14-20-27-11-12-31(20)15-16-7-3-1-4-8-16/h1-13H,14-15H2,(H2,28,29,30). The zero-order valence-corrected chi connectivity index (χ0v) is 17.3. The summed E-state index contributed by atoms with van der Waals surface area (Å²) in [7, 11) is 0. The molecule has 0 aliphatic carbocycles. The lowest BCUT2D eigenvalue weighted by atomic mass is 10.0. The summed E-state index contributed by atoms with van der Waals surface area (Å²) in [6.45, 7) is 1.17. The molecule has 2 N–H and O–H groups in total. The molecule has 0 saturated carbocycles. The van der Waals surface area contributed by atoms with Gasteiger partial charge >= 0.3 is 0 Å². The Bertz CT molecular complexity index is 1330. The van der Waals surface area contributed by atoms with Crippen LogP contribution >= 0.6 is 11.6 Å². The Morgan fingerprint density at radius 2 is 1.77 bits per heavy atom. The first-order chi connectivity index (χ1) is 15.2.